The van der Waals surface area contributed by atoms with E-state index in [0.29, 0.717) is 9.39 Å². The minimum atomic E-state index is -4.43. The molecule has 0 fully saturated rings. The average molecular weight is 339 g/mol. The molecule has 0 bridgehead atoms. The Balaban J connectivity index is 2.44. The molecule has 0 aromatic carbocycles. The Labute approximate surface area is 102 Å². The van der Waals surface area contributed by atoms with Gasteiger partial charge in [-0.05, 0) is 40.8 Å². The average Bonchev–Trinajstić information content (AvgIpc) is 2.64. The number of hydrogen-bond donors (Lipinski definition) is 0. The first-order chi connectivity index (χ1) is 7.47. The number of halogens is 4. The third-order valence-corrected chi connectivity index (χ3v) is 2.43. The maximum absolute atomic E-state index is 12.4. The van der Waals surface area contributed by atoms with Crippen molar-refractivity contribution in [2.75, 3.05) is 0 Å². The lowest BCUT2D eigenvalue weighted by molar-refractivity contribution is -0.141. The molecule has 16 heavy (non-hydrogen) atoms. The largest absolute Gasteiger partial charge is 0.433 e. The van der Waals surface area contributed by atoms with Gasteiger partial charge in [0.1, 0.15) is 9.39 Å². The molecule has 0 saturated heterocycles. The third-order valence-electron chi connectivity index (χ3n) is 1.86. The Morgan fingerprint density at radius 3 is 2.56 bits per heavy atom. The molecule has 0 aliphatic heterocycles. The highest BCUT2D eigenvalue weighted by Crippen LogP contribution is 2.28. The van der Waals surface area contributed by atoms with Gasteiger partial charge >= 0.3 is 6.18 Å². The van der Waals surface area contributed by atoms with Crippen molar-refractivity contribution in [1.29, 1.82) is 0 Å². The number of nitrogens with zero attached hydrogens (tertiary/aromatic N) is 3. The first-order valence-corrected chi connectivity index (χ1v) is 5.29. The molecule has 84 valence electrons. The van der Waals surface area contributed by atoms with Crippen molar-refractivity contribution < 1.29 is 13.2 Å². The molecule has 0 aliphatic rings. The van der Waals surface area contributed by atoms with E-state index in [1.54, 1.807) is 12.3 Å². The van der Waals surface area contributed by atoms with Crippen molar-refractivity contribution >= 4 is 22.6 Å². The van der Waals surface area contributed by atoms with Gasteiger partial charge in [-0.25, -0.2) is 4.68 Å². The van der Waals surface area contributed by atoms with Crippen LogP contribution in [0.5, 0.6) is 0 Å². The maximum Gasteiger partial charge on any atom is 0.433 e. The van der Waals surface area contributed by atoms with Crippen LogP contribution < -0.4 is 0 Å². The Kier molecular flexibility index (Phi) is 2.87. The molecule has 2 aromatic heterocycles. The highest BCUT2D eigenvalue weighted by molar-refractivity contribution is 14.1. The van der Waals surface area contributed by atoms with E-state index in [4.69, 9.17) is 0 Å². The van der Waals surface area contributed by atoms with E-state index >= 15 is 0 Å². The summed E-state index contributed by atoms with van der Waals surface area (Å²) >= 11 is 1.98. The predicted octanol–water partition coefficient (Wildman–Crippen LogP) is 2.89. The molecular formula is C9H5F3IN3. The molecule has 2 rings (SSSR count). The van der Waals surface area contributed by atoms with Crippen molar-refractivity contribution in [2.24, 2.45) is 0 Å². The number of hydrogen-bond acceptors (Lipinski definition) is 2. The molecule has 0 spiro atoms. The zero-order chi connectivity index (χ0) is 11.8. The van der Waals surface area contributed by atoms with Gasteiger partial charge in [-0.3, -0.25) is 4.98 Å². The first kappa shape index (κ1) is 11.4. The van der Waals surface area contributed by atoms with Crippen LogP contribution >= 0.6 is 22.6 Å². The normalized spacial score (nSPS) is 11.8. The highest BCUT2D eigenvalue weighted by atomic mass is 127. The maximum atomic E-state index is 12.4. The molecule has 0 unspecified atom stereocenters. The number of rotatable bonds is 1. The van der Waals surface area contributed by atoms with Gasteiger partial charge < -0.3 is 0 Å². The Hall–Kier alpha value is -1.12. The van der Waals surface area contributed by atoms with Crippen LogP contribution in [0, 0.1) is 3.70 Å². The van der Waals surface area contributed by atoms with Crippen molar-refractivity contribution in [2.45, 2.75) is 6.18 Å². The van der Waals surface area contributed by atoms with Gasteiger partial charge in [0.15, 0.2) is 0 Å². The van der Waals surface area contributed by atoms with Crippen LogP contribution in [0.25, 0.3) is 5.69 Å². The second-order valence-electron chi connectivity index (χ2n) is 2.98. The monoisotopic (exact) mass is 339 g/mol. The second-order valence-corrected chi connectivity index (χ2v) is 4.09. The molecule has 0 amide bonds. The molecule has 0 aliphatic carbocycles. The van der Waals surface area contributed by atoms with Gasteiger partial charge in [-0.2, -0.15) is 18.3 Å². The summed E-state index contributed by atoms with van der Waals surface area (Å²) in [4.78, 5) is 3.27. The Morgan fingerprint density at radius 2 is 2.00 bits per heavy atom. The molecule has 2 heterocycles. The van der Waals surface area contributed by atoms with Crippen LogP contribution in [0.15, 0.2) is 30.6 Å². The summed E-state index contributed by atoms with van der Waals surface area (Å²) in [5.41, 5.74) is -0.583. The van der Waals surface area contributed by atoms with Crippen LogP contribution in [0.1, 0.15) is 5.69 Å². The topological polar surface area (TPSA) is 30.7 Å². The number of pyridine rings is 1. The molecule has 3 nitrogen and oxygen atoms in total. The summed E-state index contributed by atoms with van der Waals surface area (Å²) in [6, 6.07) is 4.13. The summed E-state index contributed by atoms with van der Waals surface area (Å²) in [6.45, 7) is 0. The molecule has 0 N–H and O–H groups in total. The SMILES string of the molecule is FC(F)(F)c1cc(-n2ccc(I)n2)ccn1. The van der Waals surface area contributed by atoms with Crippen LogP contribution in [-0.2, 0) is 6.18 Å². The van der Waals surface area contributed by atoms with Crippen LogP contribution in [-0.4, -0.2) is 14.8 Å². The Morgan fingerprint density at radius 1 is 1.25 bits per heavy atom. The van der Waals surface area contributed by atoms with E-state index in [2.05, 4.69) is 10.1 Å². The molecule has 2 aromatic rings. The molecule has 7 heteroatoms. The molecule has 0 atom stereocenters. The molecule has 0 saturated carbocycles. The van der Waals surface area contributed by atoms with E-state index in [1.807, 2.05) is 22.6 Å². The zero-order valence-corrected chi connectivity index (χ0v) is 9.90. The lowest BCUT2D eigenvalue weighted by Crippen LogP contribution is -2.09. The highest BCUT2D eigenvalue weighted by Gasteiger charge is 2.32. The summed E-state index contributed by atoms with van der Waals surface area (Å²) in [5.74, 6) is 0. The van der Waals surface area contributed by atoms with Crippen molar-refractivity contribution in [3.8, 4) is 5.69 Å². The van der Waals surface area contributed by atoms with Crippen molar-refractivity contribution in [3.63, 3.8) is 0 Å². The fourth-order valence-electron chi connectivity index (χ4n) is 1.16. The fourth-order valence-corrected chi connectivity index (χ4v) is 1.56. The molecule has 0 radical (unpaired) electrons. The van der Waals surface area contributed by atoms with Gasteiger partial charge in [-0.1, -0.05) is 0 Å². The standard InChI is InChI=1S/C9H5F3IN3/c10-9(11,12)7-5-6(1-3-14-7)16-4-2-8(13)15-16/h1-5H. The van der Waals surface area contributed by atoms with E-state index in [9.17, 15) is 13.2 Å². The van der Waals surface area contributed by atoms with Crippen LogP contribution in [0.3, 0.4) is 0 Å². The summed E-state index contributed by atoms with van der Waals surface area (Å²) in [6.07, 6.45) is -1.72. The van der Waals surface area contributed by atoms with E-state index in [1.165, 1.54) is 10.7 Å². The smallest absolute Gasteiger partial charge is 0.252 e. The summed E-state index contributed by atoms with van der Waals surface area (Å²) < 4.78 is 39.3. The lowest BCUT2D eigenvalue weighted by Gasteiger charge is -2.07. The van der Waals surface area contributed by atoms with Crippen molar-refractivity contribution in [1.82, 2.24) is 14.8 Å². The second kappa shape index (κ2) is 4.04. The van der Waals surface area contributed by atoms with Gasteiger partial charge in [0.05, 0.1) is 5.69 Å². The van der Waals surface area contributed by atoms with E-state index < -0.39 is 11.9 Å². The Bertz CT molecular complexity index is 507. The third kappa shape index (κ3) is 2.34. The number of aromatic nitrogens is 3. The van der Waals surface area contributed by atoms with E-state index in [0.717, 1.165) is 12.3 Å². The van der Waals surface area contributed by atoms with Crippen molar-refractivity contribution in [3.05, 3.63) is 40.0 Å². The van der Waals surface area contributed by atoms with Crippen LogP contribution in [0.4, 0.5) is 13.2 Å². The summed E-state index contributed by atoms with van der Waals surface area (Å²) in [7, 11) is 0. The van der Waals surface area contributed by atoms with Gasteiger partial charge in [0.25, 0.3) is 0 Å². The fraction of sp³-hybridized carbons (Fsp3) is 0.111. The van der Waals surface area contributed by atoms with Gasteiger partial charge in [-0.15, -0.1) is 0 Å². The zero-order valence-electron chi connectivity index (χ0n) is 7.74. The van der Waals surface area contributed by atoms with Gasteiger partial charge in [0.2, 0.25) is 0 Å². The summed E-state index contributed by atoms with van der Waals surface area (Å²) in [5, 5.41) is 4.01. The predicted molar refractivity (Wildman–Crippen MR) is 59.1 cm³/mol. The van der Waals surface area contributed by atoms with Crippen LogP contribution in [0.2, 0.25) is 0 Å². The minimum Gasteiger partial charge on any atom is -0.252 e. The van der Waals surface area contributed by atoms with E-state index in [-0.39, 0.29) is 0 Å². The first-order valence-electron chi connectivity index (χ1n) is 4.21. The quantitative estimate of drug-likeness (QED) is 0.748. The van der Waals surface area contributed by atoms with Gasteiger partial charge in [0, 0.05) is 12.4 Å². The lowest BCUT2D eigenvalue weighted by atomic mass is 10.3. The number of alkyl halides is 3. The molecular weight excluding hydrogens is 334 g/mol. The minimum absolute atomic E-state index is 0.338.